The molecule has 31 heavy (non-hydrogen) atoms. The summed E-state index contributed by atoms with van der Waals surface area (Å²) in [7, 11) is 0. The number of ether oxygens (including phenoxy) is 2. The third kappa shape index (κ3) is 3.83. The van der Waals surface area contributed by atoms with Gasteiger partial charge < -0.3 is 19.3 Å². The fraction of sp³-hybridized carbons (Fsp3) is 0.333. The Hall–Kier alpha value is -3.48. The minimum absolute atomic E-state index is 0.0175. The van der Waals surface area contributed by atoms with Gasteiger partial charge in [-0.25, -0.2) is 4.68 Å². The molecule has 1 saturated heterocycles. The van der Waals surface area contributed by atoms with Gasteiger partial charge in [0, 0.05) is 37.9 Å². The van der Waals surface area contributed by atoms with Crippen molar-refractivity contribution in [2.24, 2.45) is 0 Å². The SMILES string of the molecule is Cc1cccc(-n2nc(C)cc2C(=O)N2CCN(c3ccc4c(c3)OCCO4)CC2)c1. The Morgan fingerprint density at radius 2 is 1.65 bits per heavy atom. The average molecular weight is 418 g/mol. The number of fused-ring (bicyclic) bond motifs is 1. The number of hydrogen-bond acceptors (Lipinski definition) is 5. The molecule has 0 spiro atoms. The molecule has 160 valence electrons. The van der Waals surface area contributed by atoms with Crippen molar-refractivity contribution in [3.63, 3.8) is 0 Å². The molecule has 0 bridgehead atoms. The van der Waals surface area contributed by atoms with Gasteiger partial charge in [-0.15, -0.1) is 0 Å². The molecule has 3 aromatic rings. The summed E-state index contributed by atoms with van der Waals surface area (Å²) in [4.78, 5) is 17.5. The standard InChI is InChI=1S/C24H26N4O3/c1-17-4-3-5-20(14-17)28-21(15-18(2)25-28)24(29)27-10-8-26(9-11-27)19-6-7-22-23(16-19)31-13-12-30-22/h3-7,14-16H,8-13H2,1-2H3. The predicted octanol–water partition coefficient (Wildman–Crippen LogP) is 3.22. The fourth-order valence-corrected chi connectivity index (χ4v) is 4.17. The number of rotatable bonds is 3. The molecule has 0 unspecified atom stereocenters. The summed E-state index contributed by atoms with van der Waals surface area (Å²) in [5.41, 5.74) is 4.58. The van der Waals surface area contributed by atoms with Crippen molar-refractivity contribution in [1.82, 2.24) is 14.7 Å². The fourth-order valence-electron chi connectivity index (χ4n) is 4.17. The number of aromatic nitrogens is 2. The van der Waals surface area contributed by atoms with E-state index in [4.69, 9.17) is 9.47 Å². The van der Waals surface area contributed by atoms with Gasteiger partial charge in [0.2, 0.25) is 0 Å². The van der Waals surface area contributed by atoms with Crippen LogP contribution in [0.3, 0.4) is 0 Å². The van der Waals surface area contributed by atoms with E-state index in [-0.39, 0.29) is 5.91 Å². The summed E-state index contributed by atoms with van der Waals surface area (Å²) in [6, 6.07) is 16.0. The average Bonchev–Trinajstić information content (AvgIpc) is 3.20. The first kappa shape index (κ1) is 19.5. The van der Waals surface area contributed by atoms with E-state index < -0.39 is 0 Å². The molecule has 0 saturated carbocycles. The van der Waals surface area contributed by atoms with Crippen LogP contribution in [0.15, 0.2) is 48.5 Å². The minimum Gasteiger partial charge on any atom is -0.486 e. The zero-order valence-corrected chi connectivity index (χ0v) is 17.9. The third-order valence-corrected chi connectivity index (χ3v) is 5.75. The van der Waals surface area contributed by atoms with Gasteiger partial charge in [-0.1, -0.05) is 12.1 Å². The quantitative estimate of drug-likeness (QED) is 0.654. The van der Waals surface area contributed by atoms with Crippen LogP contribution in [0.4, 0.5) is 5.69 Å². The lowest BCUT2D eigenvalue weighted by molar-refractivity contribution is 0.0737. The first-order chi connectivity index (χ1) is 15.1. The summed E-state index contributed by atoms with van der Waals surface area (Å²) < 4.78 is 13.1. The first-order valence-corrected chi connectivity index (χ1v) is 10.7. The lowest BCUT2D eigenvalue weighted by Crippen LogP contribution is -2.49. The highest BCUT2D eigenvalue weighted by Crippen LogP contribution is 2.34. The van der Waals surface area contributed by atoms with Gasteiger partial charge in [-0.05, 0) is 49.7 Å². The maximum absolute atomic E-state index is 13.3. The number of carbonyl (C=O) groups is 1. The van der Waals surface area contributed by atoms with Crippen molar-refractivity contribution in [3.05, 3.63) is 65.5 Å². The molecule has 7 heteroatoms. The van der Waals surface area contributed by atoms with Crippen molar-refractivity contribution < 1.29 is 14.3 Å². The Bertz CT molecular complexity index is 1120. The molecule has 1 amide bonds. The van der Waals surface area contributed by atoms with Crippen molar-refractivity contribution in [2.45, 2.75) is 13.8 Å². The Morgan fingerprint density at radius 3 is 2.42 bits per heavy atom. The number of hydrogen-bond donors (Lipinski definition) is 0. The number of piperazine rings is 1. The number of anilines is 1. The van der Waals surface area contributed by atoms with E-state index in [1.54, 1.807) is 4.68 Å². The minimum atomic E-state index is 0.0175. The van der Waals surface area contributed by atoms with Gasteiger partial charge in [-0.2, -0.15) is 5.10 Å². The van der Waals surface area contributed by atoms with E-state index >= 15 is 0 Å². The molecule has 2 aliphatic rings. The molecule has 5 rings (SSSR count). The third-order valence-electron chi connectivity index (χ3n) is 5.75. The maximum atomic E-state index is 13.3. The Kier molecular flexibility index (Phi) is 5.02. The lowest BCUT2D eigenvalue weighted by Gasteiger charge is -2.36. The molecule has 0 N–H and O–H groups in total. The highest BCUT2D eigenvalue weighted by Gasteiger charge is 2.26. The van der Waals surface area contributed by atoms with Crippen LogP contribution in [0, 0.1) is 13.8 Å². The highest BCUT2D eigenvalue weighted by molar-refractivity contribution is 5.93. The van der Waals surface area contributed by atoms with Crippen LogP contribution in [0.5, 0.6) is 11.5 Å². The molecule has 7 nitrogen and oxygen atoms in total. The summed E-state index contributed by atoms with van der Waals surface area (Å²) >= 11 is 0. The van der Waals surface area contributed by atoms with Crippen molar-refractivity contribution in [2.75, 3.05) is 44.3 Å². The monoisotopic (exact) mass is 418 g/mol. The number of carbonyl (C=O) groups excluding carboxylic acids is 1. The zero-order chi connectivity index (χ0) is 21.4. The zero-order valence-electron chi connectivity index (χ0n) is 17.9. The largest absolute Gasteiger partial charge is 0.486 e. The highest BCUT2D eigenvalue weighted by atomic mass is 16.6. The second-order valence-electron chi connectivity index (χ2n) is 8.03. The molecular formula is C24H26N4O3. The maximum Gasteiger partial charge on any atom is 0.272 e. The summed E-state index contributed by atoms with van der Waals surface area (Å²) in [6.07, 6.45) is 0. The van der Waals surface area contributed by atoms with Crippen molar-refractivity contribution in [3.8, 4) is 17.2 Å². The van der Waals surface area contributed by atoms with Crippen LogP contribution in [-0.4, -0.2) is 60.0 Å². The number of amides is 1. The van der Waals surface area contributed by atoms with Crippen LogP contribution < -0.4 is 14.4 Å². The van der Waals surface area contributed by atoms with Crippen LogP contribution in [0.2, 0.25) is 0 Å². The van der Waals surface area contributed by atoms with E-state index in [0.29, 0.717) is 32.0 Å². The van der Waals surface area contributed by atoms with E-state index in [1.807, 2.05) is 61.2 Å². The van der Waals surface area contributed by atoms with E-state index in [2.05, 4.69) is 16.1 Å². The van der Waals surface area contributed by atoms with E-state index in [0.717, 1.165) is 47.2 Å². The normalized spacial score (nSPS) is 15.8. The Balaban J connectivity index is 1.31. The van der Waals surface area contributed by atoms with E-state index in [9.17, 15) is 4.79 Å². The molecule has 0 radical (unpaired) electrons. The predicted molar refractivity (Wildman–Crippen MR) is 119 cm³/mol. The molecule has 1 aromatic heterocycles. The lowest BCUT2D eigenvalue weighted by atomic mass is 10.2. The van der Waals surface area contributed by atoms with Crippen LogP contribution in [-0.2, 0) is 0 Å². The van der Waals surface area contributed by atoms with E-state index in [1.165, 1.54) is 0 Å². The second kappa shape index (κ2) is 7.98. The molecular weight excluding hydrogens is 392 g/mol. The summed E-state index contributed by atoms with van der Waals surface area (Å²) in [5, 5.41) is 4.57. The van der Waals surface area contributed by atoms with Gasteiger partial charge in [0.05, 0.1) is 11.4 Å². The topological polar surface area (TPSA) is 59.8 Å². The first-order valence-electron chi connectivity index (χ1n) is 10.7. The van der Waals surface area contributed by atoms with Gasteiger partial charge in [0.25, 0.3) is 5.91 Å². The number of benzene rings is 2. The van der Waals surface area contributed by atoms with Gasteiger partial charge in [-0.3, -0.25) is 4.79 Å². The molecule has 2 aromatic carbocycles. The molecule has 2 aliphatic heterocycles. The van der Waals surface area contributed by atoms with Crippen LogP contribution in [0.25, 0.3) is 5.69 Å². The number of nitrogens with zero attached hydrogens (tertiary/aromatic N) is 4. The summed E-state index contributed by atoms with van der Waals surface area (Å²) in [6.45, 7) is 7.97. The van der Waals surface area contributed by atoms with Crippen molar-refractivity contribution in [1.29, 1.82) is 0 Å². The van der Waals surface area contributed by atoms with Crippen LogP contribution >= 0.6 is 0 Å². The second-order valence-corrected chi connectivity index (χ2v) is 8.03. The smallest absolute Gasteiger partial charge is 0.272 e. The van der Waals surface area contributed by atoms with Gasteiger partial charge in [0.1, 0.15) is 18.9 Å². The Labute approximate surface area is 181 Å². The number of aryl methyl sites for hydroxylation is 2. The molecule has 1 fully saturated rings. The Morgan fingerprint density at radius 1 is 0.871 bits per heavy atom. The summed E-state index contributed by atoms with van der Waals surface area (Å²) in [5.74, 6) is 1.60. The molecule has 0 atom stereocenters. The molecule has 0 aliphatic carbocycles. The van der Waals surface area contributed by atoms with Gasteiger partial charge >= 0.3 is 0 Å². The molecule has 3 heterocycles. The van der Waals surface area contributed by atoms with Crippen molar-refractivity contribution >= 4 is 11.6 Å². The van der Waals surface area contributed by atoms with Crippen LogP contribution in [0.1, 0.15) is 21.7 Å². The van der Waals surface area contributed by atoms with Gasteiger partial charge in [0.15, 0.2) is 11.5 Å².